The van der Waals surface area contributed by atoms with Gasteiger partial charge in [-0.3, -0.25) is 5.43 Å². The number of fused-ring (bicyclic) bond motifs is 2. The second-order valence-corrected chi connectivity index (χ2v) is 8.25. The molecule has 1 heterocycles. The Balaban J connectivity index is 0.000000411. The van der Waals surface area contributed by atoms with Gasteiger partial charge in [0.05, 0.1) is 12.1 Å². The average Bonchev–Trinajstić information content (AvgIpc) is 2.47. The van der Waals surface area contributed by atoms with Crippen molar-refractivity contribution in [1.82, 2.24) is 15.3 Å². The highest BCUT2D eigenvalue weighted by Crippen LogP contribution is 2.61. The molecule has 2 bridgehead atoms. The summed E-state index contributed by atoms with van der Waals surface area (Å²) in [5, 5.41) is 11.0. The van der Waals surface area contributed by atoms with Crippen LogP contribution in [0, 0.1) is 34.6 Å². The van der Waals surface area contributed by atoms with Crippen molar-refractivity contribution >= 4 is 0 Å². The zero-order valence-electron chi connectivity index (χ0n) is 15.3. The van der Waals surface area contributed by atoms with Crippen LogP contribution in [0.15, 0.2) is 0 Å². The maximum atomic E-state index is 8.83. The van der Waals surface area contributed by atoms with E-state index in [1.807, 2.05) is 11.9 Å². The van der Waals surface area contributed by atoms with Crippen LogP contribution in [-0.2, 0) is 0 Å². The lowest BCUT2D eigenvalue weighted by Gasteiger charge is -2.59. The van der Waals surface area contributed by atoms with Crippen molar-refractivity contribution in [3.8, 4) is 6.19 Å². The van der Waals surface area contributed by atoms with E-state index in [0.29, 0.717) is 17.5 Å². The van der Waals surface area contributed by atoms with Crippen LogP contribution in [-0.4, -0.2) is 42.1 Å². The summed E-state index contributed by atoms with van der Waals surface area (Å²) in [5.74, 6) is 3.15. The first-order chi connectivity index (χ1) is 10.3. The van der Waals surface area contributed by atoms with Crippen molar-refractivity contribution in [1.29, 1.82) is 5.26 Å². The van der Waals surface area contributed by atoms with Gasteiger partial charge in [0, 0.05) is 13.1 Å². The number of hydrogen-bond donors (Lipinski definition) is 1. The van der Waals surface area contributed by atoms with Gasteiger partial charge in [-0.2, -0.15) is 5.26 Å². The Morgan fingerprint density at radius 1 is 1.04 bits per heavy atom. The molecule has 0 unspecified atom stereocenters. The molecule has 3 saturated carbocycles. The number of nitriles is 1. The second-order valence-electron chi connectivity index (χ2n) is 8.25. The third-order valence-electron chi connectivity index (χ3n) is 6.55. The first kappa shape index (κ1) is 23.2. The molecular weight excluding hydrogens is 296 g/mol. The number of piperazine rings is 1. The van der Waals surface area contributed by atoms with E-state index in [2.05, 4.69) is 51.2 Å². The Bertz CT molecular complexity index is 400. The third kappa shape index (κ3) is 4.43. The van der Waals surface area contributed by atoms with Gasteiger partial charge in [0.2, 0.25) is 0 Å². The highest BCUT2D eigenvalue weighted by molar-refractivity contribution is 5.02. The van der Waals surface area contributed by atoms with Crippen LogP contribution >= 0.6 is 0 Å². The van der Waals surface area contributed by atoms with Crippen molar-refractivity contribution in [2.75, 3.05) is 20.1 Å². The van der Waals surface area contributed by atoms with Crippen LogP contribution in [0.3, 0.4) is 0 Å². The van der Waals surface area contributed by atoms with Crippen LogP contribution in [0.25, 0.3) is 0 Å². The summed E-state index contributed by atoms with van der Waals surface area (Å²) < 4.78 is 0. The number of hydrazine groups is 1. The van der Waals surface area contributed by atoms with Crippen LogP contribution in [0.1, 0.15) is 68.7 Å². The van der Waals surface area contributed by atoms with E-state index >= 15 is 0 Å². The van der Waals surface area contributed by atoms with E-state index in [1.165, 1.54) is 19.3 Å². The van der Waals surface area contributed by atoms with Crippen molar-refractivity contribution in [3.63, 3.8) is 0 Å². The number of nitrogens with zero attached hydrogens (tertiary/aromatic N) is 3. The van der Waals surface area contributed by atoms with E-state index in [0.717, 1.165) is 30.8 Å². The van der Waals surface area contributed by atoms with Gasteiger partial charge in [-0.15, -0.1) is 0 Å². The average molecular weight is 339 g/mol. The van der Waals surface area contributed by atoms with E-state index in [9.17, 15) is 0 Å². The molecule has 4 fully saturated rings. The lowest BCUT2D eigenvalue weighted by atomic mass is 9.46. The molecule has 1 N–H and O–H groups in total. The standard InChI is InChI=1S/C10H18.C8H16N4.2CH4/c1-7-4-5-8-6-9(7)10(8,2)3;1-7-4-11(10-3)5-8(2)12(7)6-9;;/h7-9H,4-6H2,1-3H3;7-8,10H,4-5H2,1-3H3;2*1H4/t7-,8-,9-;7-,8+;;/m1.../s1. The Kier molecular flexibility index (Phi) is 8.76. The molecule has 3 aliphatic carbocycles. The monoisotopic (exact) mass is 338 g/mol. The molecule has 4 aliphatic rings. The molecule has 0 aromatic rings. The summed E-state index contributed by atoms with van der Waals surface area (Å²) in [7, 11) is 1.92. The molecule has 0 amide bonds. The molecule has 4 heteroatoms. The zero-order valence-corrected chi connectivity index (χ0v) is 15.3. The van der Waals surface area contributed by atoms with Crippen molar-refractivity contribution < 1.29 is 0 Å². The molecule has 0 aromatic carbocycles. The summed E-state index contributed by atoms with van der Waals surface area (Å²) in [4.78, 5) is 1.86. The smallest absolute Gasteiger partial charge is 0.179 e. The van der Waals surface area contributed by atoms with Crippen LogP contribution in [0.5, 0.6) is 0 Å². The Morgan fingerprint density at radius 2 is 1.58 bits per heavy atom. The minimum absolute atomic E-state index is 0. The lowest BCUT2D eigenvalue weighted by Crippen LogP contribution is -2.57. The summed E-state index contributed by atoms with van der Waals surface area (Å²) in [6.45, 7) is 13.3. The van der Waals surface area contributed by atoms with Crippen molar-refractivity contribution in [3.05, 3.63) is 0 Å². The Hall–Kier alpha value is -0.790. The molecule has 142 valence electrons. The quantitative estimate of drug-likeness (QED) is 0.722. The largest absolute Gasteiger partial charge is 0.302 e. The number of hydrogen-bond acceptors (Lipinski definition) is 4. The summed E-state index contributed by atoms with van der Waals surface area (Å²) >= 11 is 0. The van der Waals surface area contributed by atoms with Gasteiger partial charge < -0.3 is 4.90 Å². The second kappa shape index (κ2) is 9.06. The number of nitrogens with one attached hydrogen (secondary N) is 1. The van der Waals surface area contributed by atoms with Gasteiger partial charge in [0.25, 0.3) is 0 Å². The predicted molar refractivity (Wildman–Crippen MR) is 104 cm³/mol. The van der Waals surface area contributed by atoms with E-state index in [4.69, 9.17) is 5.26 Å². The van der Waals surface area contributed by atoms with Gasteiger partial charge in [-0.1, -0.05) is 42.0 Å². The molecule has 4 nitrogen and oxygen atoms in total. The molecule has 5 atom stereocenters. The first-order valence-electron chi connectivity index (χ1n) is 8.91. The summed E-state index contributed by atoms with van der Waals surface area (Å²) in [5.41, 5.74) is 3.81. The van der Waals surface area contributed by atoms with Crippen LogP contribution < -0.4 is 5.43 Å². The zero-order chi connectivity index (χ0) is 16.5. The van der Waals surface area contributed by atoms with E-state index in [-0.39, 0.29) is 14.9 Å². The van der Waals surface area contributed by atoms with E-state index < -0.39 is 0 Å². The fourth-order valence-electron chi connectivity index (χ4n) is 4.88. The fourth-order valence-corrected chi connectivity index (χ4v) is 4.88. The van der Waals surface area contributed by atoms with Crippen molar-refractivity contribution in [2.24, 2.45) is 23.2 Å². The predicted octanol–water partition coefficient (Wildman–Crippen LogP) is 4.35. The first-order valence-corrected chi connectivity index (χ1v) is 8.91. The highest BCUT2D eigenvalue weighted by atomic mass is 15.5. The molecule has 0 radical (unpaired) electrons. The van der Waals surface area contributed by atoms with Gasteiger partial charge in [0.15, 0.2) is 6.19 Å². The summed E-state index contributed by atoms with van der Waals surface area (Å²) in [6.07, 6.45) is 6.77. The molecule has 4 rings (SSSR count). The minimum atomic E-state index is 0. The molecule has 1 aliphatic heterocycles. The normalized spacial score (nSPS) is 36.7. The Morgan fingerprint density at radius 3 is 1.88 bits per heavy atom. The fraction of sp³-hybridized carbons (Fsp3) is 0.950. The summed E-state index contributed by atoms with van der Waals surface area (Å²) in [6, 6.07) is 0.623. The molecule has 0 spiro atoms. The maximum absolute atomic E-state index is 8.83. The van der Waals surface area contributed by atoms with Gasteiger partial charge in [0.1, 0.15) is 0 Å². The maximum Gasteiger partial charge on any atom is 0.179 e. The Labute approximate surface area is 151 Å². The molecule has 1 saturated heterocycles. The molecular formula is C20H42N4. The lowest BCUT2D eigenvalue weighted by molar-refractivity contribution is -0.0988. The van der Waals surface area contributed by atoms with Crippen LogP contribution in [0.2, 0.25) is 0 Å². The third-order valence-corrected chi connectivity index (χ3v) is 6.55. The van der Waals surface area contributed by atoms with Gasteiger partial charge >= 0.3 is 0 Å². The topological polar surface area (TPSA) is 42.3 Å². The van der Waals surface area contributed by atoms with E-state index in [1.54, 1.807) is 0 Å². The highest BCUT2D eigenvalue weighted by Gasteiger charge is 2.52. The van der Waals surface area contributed by atoms with Gasteiger partial charge in [-0.05, 0) is 56.9 Å². The van der Waals surface area contributed by atoms with Crippen LogP contribution in [0.4, 0.5) is 0 Å². The molecule has 24 heavy (non-hydrogen) atoms. The minimum Gasteiger partial charge on any atom is -0.302 e. The number of rotatable bonds is 1. The van der Waals surface area contributed by atoms with Gasteiger partial charge in [-0.25, -0.2) is 5.01 Å². The SMILES string of the molecule is C.C.CNN1C[C@@H](C)N(C#N)[C@@H](C)C1.C[C@@H]1CC[C@@H]2C[C@H]1C2(C)C. The molecule has 0 aromatic heterocycles. The van der Waals surface area contributed by atoms with Crippen molar-refractivity contribution in [2.45, 2.75) is 80.8 Å².